The summed E-state index contributed by atoms with van der Waals surface area (Å²) < 4.78 is 11.1. The quantitative estimate of drug-likeness (QED) is 0.469. The van der Waals surface area contributed by atoms with Gasteiger partial charge in [0.15, 0.2) is 0 Å². The molecule has 5 rings (SSSR count). The summed E-state index contributed by atoms with van der Waals surface area (Å²) in [4.78, 5) is 18.1. The molecule has 2 aliphatic heterocycles. The van der Waals surface area contributed by atoms with Crippen LogP contribution in [0.25, 0.3) is 10.8 Å². The molecule has 2 heterocycles. The summed E-state index contributed by atoms with van der Waals surface area (Å²) in [6, 6.07) is 23.6. The number of carbonyl (C=O) groups excluding carboxylic acids is 1. The van der Waals surface area contributed by atoms with Crippen molar-refractivity contribution in [1.29, 1.82) is 0 Å². The van der Waals surface area contributed by atoms with Crippen LogP contribution in [0.15, 0.2) is 66.7 Å². The molecule has 3 aromatic carbocycles. The molecule has 37 heavy (non-hydrogen) atoms. The van der Waals surface area contributed by atoms with Gasteiger partial charge in [-0.2, -0.15) is 0 Å². The van der Waals surface area contributed by atoms with Crippen molar-refractivity contribution >= 4 is 16.7 Å². The number of carbonyl (C=O) groups is 1. The normalized spacial score (nSPS) is 21.1. The highest BCUT2D eigenvalue weighted by Gasteiger charge is 2.34. The van der Waals surface area contributed by atoms with E-state index in [-0.39, 0.29) is 5.91 Å². The Bertz CT molecular complexity index is 1170. The van der Waals surface area contributed by atoms with E-state index >= 15 is 0 Å². The number of amides is 1. The lowest BCUT2D eigenvalue weighted by molar-refractivity contribution is -0.121. The number of nitrogens with zero attached hydrogens (tertiary/aromatic N) is 2. The van der Waals surface area contributed by atoms with E-state index in [1.807, 2.05) is 24.3 Å². The van der Waals surface area contributed by atoms with Crippen LogP contribution in [0.3, 0.4) is 0 Å². The maximum absolute atomic E-state index is 12.9. The highest BCUT2D eigenvalue weighted by molar-refractivity contribution is 5.85. The van der Waals surface area contributed by atoms with Crippen LogP contribution in [-0.2, 0) is 22.6 Å². The maximum atomic E-state index is 12.9. The van der Waals surface area contributed by atoms with Crippen LogP contribution in [0.2, 0.25) is 0 Å². The molecule has 6 nitrogen and oxygen atoms in total. The van der Waals surface area contributed by atoms with Gasteiger partial charge in [0.25, 0.3) is 0 Å². The van der Waals surface area contributed by atoms with E-state index in [1.54, 1.807) is 7.11 Å². The van der Waals surface area contributed by atoms with Crippen molar-refractivity contribution in [2.75, 3.05) is 46.5 Å². The van der Waals surface area contributed by atoms with Crippen molar-refractivity contribution in [3.8, 4) is 5.75 Å². The minimum absolute atomic E-state index is 0.109. The Balaban J connectivity index is 1.23. The first-order valence-electron chi connectivity index (χ1n) is 13.6. The average Bonchev–Trinajstić information content (AvgIpc) is 2.96. The molecule has 196 valence electrons. The first kappa shape index (κ1) is 25.7. The summed E-state index contributed by atoms with van der Waals surface area (Å²) in [6.07, 6.45) is 2.58. The standard InChI is InChI=1S/C31H39N3O3/c1-36-30-12-5-3-8-25(30)21-32-31(35)14-13-27-23-33(16-15-29(27)34-17-19-37-20-18-34)22-26-10-6-9-24-7-2-4-11-28(24)26/h2-12,27,29H,13-23H2,1H3,(H,32,35)/t27-,29+/m0/s1. The highest BCUT2D eigenvalue weighted by atomic mass is 16.5. The van der Waals surface area contributed by atoms with E-state index in [2.05, 4.69) is 57.6 Å². The Hall–Kier alpha value is -2.93. The van der Waals surface area contributed by atoms with E-state index in [9.17, 15) is 4.79 Å². The largest absolute Gasteiger partial charge is 0.496 e. The maximum Gasteiger partial charge on any atom is 0.220 e. The molecule has 0 spiro atoms. The molecule has 2 aliphatic rings. The second-order valence-electron chi connectivity index (χ2n) is 10.3. The number of likely N-dealkylation sites (tertiary alicyclic amines) is 1. The minimum atomic E-state index is 0.109. The van der Waals surface area contributed by atoms with Crippen LogP contribution in [-0.4, -0.2) is 68.3 Å². The van der Waals surface area contributed by atoms with Crippen molar-refractivity contribution in [2.45, 2.75) is 38.4 Å². The molecular weight excluding hydrogens is 462 g/mol. The number of nitrogens with one attached hydrogen (secondary N) is 1. The number of piperidine rings is 1. The minimum Gasteiger partial charge on any atom is -0.496 e. The van der Waals surface area contributed by atoms with E-state index in [0.29, 0.717) is 24.9 Å². The van der Waals surface area contributed by atoms with Crippen molar-refractivity contribution in [1.82, 2.24) is 15.1 Å². The third kappa shape index (κ3) is 6.50. The molecule has 1 N–H and O–H groups in total. The van der Waals surface area contributed by atoms with Gasteiger partial charge in [-0.05, 0) is 47.7 Å². The van der Waals surface area contributed by atoms with Gasteiger partial charge in [-0.15, -0.1) is 0 Å². The molecule has 3 aromatic rings. The molecule has 0 bridgehead atoms. The van der Waals surface area contributed by atoms with Gasteiger partial charge in [-0.3, -0.25) is 14.6 Å². The molecule has 0 aliphatic carbocycles. The van der Waals surface area contributed by atoms with Gasteiger partial charge in [0, 0.05) is 50.7 Å². The zero-order valence-corrected chi connectivity index (χ0v) is 21.9. The molecule has 0 aromatic heterocycles. The number of rotatable bonds is 9. The second-order valence-corrected chi connectivity index (χ2v) is 10.3. The summed E-state index contributed by atoms with van der Waals surface area (Å²) in [5, 5.41) is 5.75. The fourth-order valence-corrected chi connectivity index (χ4v) is 6.03. The predicted molar refractivity (Wildman–Crippen MR) is 148 cm³/mol. The SMILES string of the molecule is COc1ccccc1CNC(=O)CC[C@H]1CN(Cc2cccc3ccccc23)CC[C@H]1N1CCOCC1. The summed E-state index contributed by atoms with van der Waals surface area (Å²) in [7, 11) is 1.67. The number of hydrogen-bond acceptors (Lipinski definition) is 5. The molecule has 0 saturated carbocycles. The Kier molecular flexibility index (Phi) is 8.72. The van der Waals surface area contributed by atoms with Crippen molar-refractivity contribution in [3.05, 3.63) is 77.9 Å². The van der Waals surface area contributed by atoms with Crippen molar-refractivity contribution < 1.29 is 14.3 Å². The summed E-state index contributed by atoms with van der Waals surface area (Å²) >= 11 is 0. The zero-order chi connectivity index (χ0) is 25.5. The fraction of sp³-hybridized carbons (Fsp3) is 0.452. The van der Waals surface area contributed by atoms with Crippen LogP contribution in [0, 0.1) is 5.92 Å². The molecule has 2 fully saturated rings. The molecule has 2 atom stereocenters. The van der Waals surface area contributed by atoms with Gasteiger partial charge < -0.3 is 14.8 Å². The van der Waals surface area contributed by atoms with Gasteiger partial charge in [-0.1, -0.05) is 60.7 Å². The lowest BCUT2D eigenvalue weighted by Crippen LogP contribution is -2.54. The topological polar surface area (TPSA) is 54.0 Å². The first-order chi connectivity index (χ1) is 18.2. The van der Waals surface area contributed by atoms with Gasteiger partial charge in [0.1, 0.15) is 5.75 Å². The van der Waals surface area contributed by atoms with Gasteiger partial charge in [0.05, 0.1) is 20.3 Å². The molecule has 6 heteroatoms. The van der Waals surface area contributed by atoms with Gasteiger partial charge in [-0.25, -0.2) is 0 Å². The summed E-state index contributed by atoms with van der Waals surface area (Å²) in [6.45, 7) is 7.15. The Morgan fingerprint density at radius 2 is 1.73 bits per heavy atom. The second kappa shape index (κ2) is 12.5. The zero-order valence-electron chi connectivity index (χ0n) is 21.9. The third-order valence-electron chi connectivity index (χ3n) is 7.98. The molecule has 0 radical (unpaired) electrons. The average molecular weight is 502 g/mol. The van der Waals surface area contributed by atoms with Crippen LogP contribution in [0.1, 0.15) is 30.4 Å². The van der Waals surface area contributed by atoms with E-state index in [4.69, 9.17) is 9.47 Å². The summed E-state index contributed by atoms with van der Waals surface area (Å²) in [5.74, 6) is 1.38. The lowest BCUT2D eigenvalue weighted by Gasteiger charge is -2.45. The number of fused-ring (bicyclic) bond motifs is 1. The summed E-state index contributed by atoms with van der Waals surface area (Å²) in [5.41, 5.74) is 2.39. The fourth-order valence-electron chi connectivity index (χ4n) is 6.03. The molecule has 0 unspecified atom stereocenters. The highest BCUT2D eigenvalue weighted by Crippen LogP contribution is 2.29. The lowest BCUT2D eigenvalue weighted by atomic mass is 9.86. The smallest absolute Gasteiger partial charge is 0.220 e. The predicted octanol–water partition coefficient (Wildman–Crippen LogP) is 4.47. The van der Waals surface area contributed by atoms with Crippen LogP contribution >= 0.6 is 0 Å². The number of hydrogen-bond donors (Lipinski definition) is 1. The van der Waals surface area contributed by atoms with Crippen LogP contribution < -0.4 is 10.1 Å². The monoisotopic (exact) mass is 501 g/mol. The number of morpholine rings is 1. The van der Waals surface area contributed by atoms with E-state index in [1.165, 1.54) is 16.3 Å². The molecule has 1 amide bonds. The Morgan fingerprint density at radius 1 is 0.973 bits per heavy atom. The van der Waals surface area contributed by atoms with Crippen LogP contribution in [0.4, 0.5) is 0 Å². The van der Waals surface area contributed by atoms with Gasteiger partial charge in [0.2, 0.25) is 5.91 Å². The first-order valence-corrected chi connectivity index (χ1v) is 13.6. The Morgan fingerprint density at radius 3 is 2.59 bits per heavy atom. The van der Waals surface area contributed by atoms with E-state index < -0.39 is 0 Å². The number of methoxy groups -OCH3 is 1. The Labute approximate surface area is 220 Å². The molecular formula is C31H39N3O3. The number of para-hydroxylation sites is 1. The van der Waals surface area contributed by atoms with Gasteiger partial charge >= 0.3 is 0 Å². The third-order valence-corrected chi connectivity index (χ3v) is 7.98. The molecule has 2 saturated heterocycles. The van der Waals surface area contributed by atoms with Crippen molar-refractivity contribution in [2.24, 2.45) is 5.92 Å². The van der Waals surface area contributed by atoms with Crippen molar-refractivity contribution in [3.63, 3.8) is 0 Å². The number of ether oxygens (including phenoxy) is 2. The number of benzene rings is 3. The van der Waals surface area contributed by atoms with E-state index in [0.717, 1.165) is 70.1 Å². The van der Waals surface area contributed by atoms with Crippen LogP contribution in [0.5, 0.6) is 5.75 Å².